The lowest BCUT2D eigenvalue weighted by molar-refractivity contribution is -0.150. The van der Waals surface area contributed by atoms with Crippen molar-refractivity contribution < 1.29 is 19.0 Å². The molecule has 0 N–H and O–H groups in total. The Morgan fingerprint density at radius 1 is 1.20 bits per heavy atom. The molecule has 0 amide bonds. The maximum atomic E-state index is 11.5. The number of carbonyl (C=O) groups excluding carboxylic acids is 1. The monoisotopic (exact) mass is 286 g/mol. The highest BCUT2D eigenvalue weighted by atomic mass is 16.6. The lowest BCUT2D eigenvalue weighted by Gasteiger charge is -2.20. The van der Waals surface area contributed by atoms with Gasteiger partial charge in [0.1, 0.15) is 6.10 Å². The predicted molar refractivity (Wildman–Crippen MR) is 80.7 cm³/mol. The van der Waals surface area contributed by atoms with E-state index in [0.717, 1.165) is 6.42 Å². The molecule has 0 aliphatic rings. The van der Waals surface area contributed by atoms with Gasteiger partial charge in [-0.2, -0.15) is 0 Å². The average molecular weight is 286 g/mol. The zero-order valence-corrected chi connectivity index (χ0v) is 13.4. The van der Waals surface area contributed by atoms with E-state index in [1.54, 1.807) is 14.0 Å². The van der Waals surface area contributed by atoms with Crippen molar-refractivity contribution >= 4 is 5.97 Å². The molecule has 0 spiro atoms. The smallest absolute Gasteiger partial charge is 0.333 e. The molecular weight excluding hydrogens is 256 g/mol. The number of ether oxygens (including phenoxy) is 3. The van der Waals surface area contributed by atoms with Gasteiger partial charge in [-0.15, -0.1) is 0 Å². The molecule has 0 rings (SSSR count). The van der Waals surface area contributed by atoms with Crippen LogP contribution in [0.25, 0.3) is 0 Å². The minimum absolute atomic E-state index is 0.338. The van der Waals surface area contributed by atoms with Crippen LogP contribution in [-0.4, -0.2) is 39.0 Å². The Labute approximate surface area is 123 Å². The first kappa shape index (κ1) is 19.1. The number of esters is 1. The molecule has 4 heteroatoms. The number of hydrogen-bond donors (Lipinski definition) is 0. The Kier molecular flexibility index (Phi) is 11.4. The third kappa shape index (κ3) is 9.10. The molecule has 0 heterocycles. The Hall–Kier alpha value is -0.870. The van der Waals surface area contributed by atoms with E-state index in [4.69, 9.17) is 14.2 Å². The van der Waals surface area contributed by atoms with Gasteiger partial charge in [-0.1, -0.05) is 39.7 Å². The number of rotatable bonds is 12. The summed E-state index contributed by atoms with van der Waals surface area (Å²) in [5, 5.41) is 0. The van der Waals surface area contributed by atoms with Crippen LogP contribution in [0, 0.1) is 5.92 Å². The molecule has 0 fully saturated rings. The fourth-order valence-corrected chi connectivity index (χ4v) is 1.82. The maximum Gasteiger partial charge on any atom is 0.333 e. The van der Waals surface area contributed by atoms with Crippen LogP contribution in [0.1, 0.15) is 46.5 Å². The van der Waals surface area contributed by atoms with Gasteiger partial charge < -0.3 is 14.2 Å². The van der Waals surface area contributed by atoms with Crippen molar-refractivity contribution in [3.05, 3.63) is 12.2 Å². The van der Waals surface area contributed by atoms with E-state index in [0.29, 0.717) is 31.3 Å². The summed E-state index contributed by atoms with van der Waals surface area (Å²) in [5.74, 6) is 0.184. The number of hydrogen-bond acceptors (Lipinski definition) is 4. The summed E-state index contributed by atoms with van der Waals surface area (Å²) in [4.78, 5) is 11.5. The van der Waals surface area contributed by atoms with Gasteiger partial charge in [0, 0.05) is 19.3 Å². The minimum atomic E-state index is -0.395. The zero-order valence-electron chi connectivity index (χ0n) is 13.4. The van der Waals surface area contributed by atoms with Gasteiger partial charge in [0.2, 0.25) is 0 Å². The van der Waals surface area contributed by atoms with Crippen LogP contribution in [0.3, 0.4) is 0 Å². The van der Waals surface area contributed by atoms with Crippen LogP contribution in [0.4, 0.5) is 0 Å². The molecule has 2 unspecified atom stereocenters. The van der Waals surface area contributed by atoms with Crippen LogP contribution >= 0.6 is 0 Å². The van der Waals surface area contributed by atoms with Crippen molar-refractivity contribution in [1.82, 2.24) is 0 Å². The summed E-state index contributed by atoms with van der Waals surface area (Å²) in [5.41, 5.74) is 0.389. The molecule has 0 aromatic rings. The van der Waals surface area contributed by atoms with Crippen molar-refractivity contribution in [2.45, 2.75) is 52.6 Å². The Bertz CT molecular complexity index is 276. The number of methoxy groups -OCH3 is 1. The molecule has 0 saturated heterocycles. The molecule has 0 bridgehead atoms. The molecule has 0 aromatic heterocycles. The molecule has 20 heavy (non-hydrogen) atoms. The molecular formula is C16H30O4. The van der Waals surface area contributed by atoms with Crippen molar-refractivity contribution in [1.29, 1.82) is 0 Å². The van der Waals surface area contributed by atoms with Crippen LogP contribution < -0.4 is 0 Å². The minimum Gasteiger partial charge on any atom is -0.454 e. The summed E-state index contributed by atoms with van der Waals surface area (Å²) in [6.07, 6.45) is 4.37. The highest BCUT2D eigenvalue weighted by Gasteiger charge is 2.16. The first-order valence-corrected chi connectivity index (χ1v) is 7.48. The summed E-state index contributed by atoms with van der Waals surface area (Å²) >= 11 is 0. The van der Waals surface area contributed by atoms with Crippen LogP contribution in [0.15, 0.2) is 12.2 Å². The molecule has 118 valence electrons. The lowest BCUT2D eigenvalue weighted by Crippen LogP contribution is -2.29. The zero-order chi connectivity index (χ0) is 15.4. The molecule has 4 nitrogen and oxygen atoms in total. The van der Waals surface area contributed by atoms with Crippen LogP contribution in [0.5, 0.6) is 0 Å². The van der Waals surface area contributed by atoms with E-state index in [9.17, 15) is 4.79 Å². The van der Waals surface area contributed by atoms with Gasteiger partial charge in [-0.3, -0.25) is 0 Å². The number of carbonyl (C=O) groups is 1. The standard InChI is InChI=1S/C16H30O4/c1-6-8-9-14(7-2)10-19-12-15(11-18-5)20-16(17)13(3)4/h14-15H,3,6-12H2,1-2,4-5H3. The average Bonchev–Trinajstić information content (AvgIpc) is 2.42. The van der Waals surface area contributed by atoms with Gasteiger partial charge in [0.15, 0.2) is 0 Å². The summed E-state index contributed by atoms with van der Waals surface area (Å²) in [6, 6.07) is 0. The van der Waals surface area contributed by atoms with E-state index in [-0.39, 0.29) is 6.10 Å². The molecule has 2 atom stereocenters. The Balaban J connectivity index is 4.06. The topological polar surface area (TPSA) is 44.8 Å². The van der Waals surface area contributed by atoms with Crippen LogP contribution in [-0.2, 0) is 19.0 Å². The third-order valence-electron chi connectivity index (χ3n) is 3.18. The van der Waals surface area contributed by atoms with Crippen LogP contribution in [0.2, 0.25) is 0 Å². The Morgan fingerprint density at radius 2 is 1.90 bits per heavy atom. The quantitative estimate of drug-likeness (QED) is 0.408. The molecule has 0 aliphatic carbocycles. The van der Waals surface area contributed by atoms with Crippen molar-refractivity contribution in [3.8, 4) is 0 Å². The molecule has 0 aromatic carbocycles. The SMILES string of the molecule is C=C(C)C(=O)OC(COC)COCC(CC)CCCC. The highest BCUT2D eigenvalue weighted by molar-refractivity contribution is 5.87. The fraction of sp³-hybridized carbons (Fsp3) is 0.812. The maximum absolute atomic E-state index is 11.5. The van der Waals surface area contributed by atoms with E-state index < -0.39 is 5.97 Å². The van der Waals surface area contributed by atoms with Crippen molar-refractivity contribution in [2.24, 2.45) is 5.92 Å². The van der Waals surface area contributed by atoms with Crippen molar-refractivity contribution in [2.75, 3.05) is 26.9 Å². The Morgan fingerprint density at radius 3 is 2.40 bits per heavy atom. The lowest BCUT2D eigenvalue weighted by atomic mass is 10.0. The summed E-state index contributed by atoms with van der Waals surface area (Å²) in [6.45, 7) is 11.0. The normalized spacial score (nSPS) is 13.8. The van der Waals surface area contributed by atoms with E-state index in [2.05, 4.69) is 20.4 Å². The third-order valence-corrected chi connectivity index (χ3v) is 3.18. The first-order chi connectivity index (χ1) is 9.54. The van der Waals surface area contributed by atoms with Gasteiger partial charge in [0.25, 0.3) is 0 Å². The first-order valence-electron chi connectivity index (χ1n) is 7.48. The second-order valence-corrected chi connectivity index (χ2v) is 5.22. The van der Waals surface area contributed by atoms with Gasteiger partial charge in [-0.25, -0.2) is 4.79 Å². The van der Waals surface area contributed by atoms with Gasteiger partial charge in [0.05, 0.1) is 13.2 Å². The van der Waals surface area contributed by atoms with Gasteiger partial charge >= 0.3 is 5.97 Å². The summed E-state index contributed by atoms with van der Waals surface area (Å²) < 4.78 is 16.0. The molecule has 0 radical (unpaired) electrons. The van der Waals surface area contributed by atoms with Crippen molar-refractivity contribution in [3.63, 3.8) is 0 Å². The van der Waals surface area contributed by atoms with E-state index >= 15 is 0 Å². The summed E-state index contributed by atoms with van der Waals surface area (Å²) in [7, 11) is 1.58. The number of unbranched alkanes of at least 4 members (excludes halogenated alkanes) is 1. The van der Waals surface area contributed by atoms with E-state index in [1.165, 1.54) is 19.3 Å². The predicted octanol–water partition coefficient (Wildman–Crippen LogP) is 3.35. The van der Waals surface area contributed by atoms with E-state index in [1.807, 2.05) is 0 Å². The second kappa shape index (κ2) is 11.9. The highest BCUT2D eigenvalue weighted by Crippen LogP contribution is 2.13. The second-order valence-electron chi connectivity index (χ2n) is 5.22. The molecule has 0 saturated carbocycles. The van der Waals surface area contributed by atoms with Gasteiger partial charge in [-0.05, 0) is 19.3 Å². The fourth-order valence-electron chi connectivity index (χ4n) is 1.82. The largest absolute Gasteiger partial charge is 0.454 e. The molecule has 0 aliphatic heterocycles.